The van der Waals surface area contributed by atoms with Gasteiger partial charge in [0.15, 0.2) is 6.19 Å². The van der Waals surface area contributed by atoms with Gasteiger partial charge in [-0.25, -0.2) is 14.0 Å². The smallest absolute Gasteiger partial charge is 0.410 e. The first-order chi connectivity index (χ1) is 22.0. The molecule has 0 aromatic heterocycles. The molecule has 4 aliphatic rings. The summed E-state index contributed by atoms with van der Waals surface area (Å²) >= 11 is 0. The Morgan fingerprint density at radius 3 is 2.72 bits per heavy atom. The molecular weight excluding hydrogens is 599 g/mol. The lowest BCUT2D eigenvalue weighted by Gasteiger charge is -2.29. The number of nitriles is 1. The summed E-state index contributed by atoms with van der Waals surface area (Å²) in [4.78, 5) is 69.3. The summed E-state index contributed by atoms with van der Waals surface area (Å²) in [5, 5.41) is 16.7. The van der Waals surface area contributed by atoms with Crippen LogP contribution in [0.1, 0.15) is 69.9 Å². The van der Waals surface area contributed by atoms with Crippen LogP contribution in [0.3, 0.4) is 0 Å². The standard InChI is InChI=1S/C32H39FN6O7/c1-19(2)45-30(43)36-25-12-7-5-3-4-6-10-21-14-32(21,29(42)35-18-34)37-27(40)26-13-22(16-39(26)28(25)41)46-31(44)38-15-20-9-8-11-24(33)23(20)17-38/h6,8-11,19,21-22,25-26H,3-5,7,12-17H2,1-2H3,(H,35,42)(H,36,43)(H,37,40)/b10-6-/t21?,22-,25+,26?,32-/m1/s1. The third-order valence-corrected chi connectivity index (χ3v) is 8.90. The monoisotopic (exact) mass is 638 g/mol. The fourth-order valence-corrected chi connectivity index (χ4v) is 6.45. The third-order valence-electron chi connectivity index (χ3n) is 8.90. The number of alkyl carbamates (subject to hydrolysis) is 1. The van der Waals surface area contributed by atoms with Crippen molar-refractivity contribution < 1.29 is 37.8 Å². The van der Waals surface area contributed by atoms with E-state index in [-0.39, 0.29) is 38.4 Å². The van der Waals surface area contributed by atoms with Crippen molar-refractivity contribution in [3.8, 4) is 6.19 Å². The summed E-state index contributed by atoms with van der Waals surface area (Å²) in [6.45, 7) is 3.40. The van der Waals surface area contributed by atoms with Crippen LogP contribution in [0, 0.1) is 23.2 Å². The van der Waals surface area contributed by atoms with Gasteiger partial charge in [0.25, 0.3) is 5.91 Å². The number of nitrogens with one attached hydrogen (secondary N) is 3. The van der Waals surface area contributed by atoms with Crippen molar-refractivity contribution in [1.82, 2.24) is 25.8 Å². The van der Waals surface area contributed by atoms with E-state index in [2.05, 4.69) is 16.0 Å². The average molecular weight is 639 g/mol. The van der Waals surface area contributed by atoms with E-state index in [1.807, 2.05) is 12.2 Å². The van der Waals surface area contributed by atoms with Crippen molar-refractivity contribution in [3.63, 3.8) is 0 Å². The Kier molecular flexibility index (Phi) is 9.79. The Morgan fingerprint density at radius 1 is 1.17 bits per heavy atom. The average Bonchev–Trinajstić information content (AvgIpc) is 3.31. The predicted molar refractivity (Wildman–Crippen MR) is 160 cm³/mol. The van der Waals surface area contributed by atoms with Gasteiger partial charge in [-0.3, -0.25) is 24.6 Å². The number of nitrogens with zero attached hydrogens (tertiary/aromatic N) is 3. The molecule has 0 radical (unpaired) electrons. The van der Waals surface area contributed by atoms with Gasteiger partial charge in [0.05, 0.1) is 19.2 Å². The summed E-state index contributed by atoms with van der Waals surface area (Å²) in [5.41, 5.74) is -0.289. The van der Waals surface area contributed by atoms with E-state index < -0.39 is 65.6 Å². The molecule has 246 valence electrons. The maximum atomic E-state index is 14.3. The summed E-state index contributed by atoms with van der Waals surface area (Å²) in [6.07, 6.45) is 6.01. The molecule has 1 saturated carbocycles. The van der Waals surface area contributed by atoms with Crippen LogP contribution in [0.2, 0.25) is 0 Å². The number of amides is 5. The van der Waals surface area contributed by atoms with Crippen LogP contribution in [0.5, 0.6) is 0 Å². The first-order valence-electron chi connectivity index (χ1n) is 15.7. The lowest BCUT2D eigenvalue weighted by molar-refractivity contribution is -0.141. The van der Waals surface area contributed by atoms with Crippen molar-refractivity contribution >= 4 is 29.9 Å². The maximum Gasteiger partial charge on any atom is 0.410 e. The molecule has 5 amide bonds. The second kappa shape index (κ2) is 13.8. The zero-order chi connectivity index (χ0) is 33.0. The highest BCUT2D eigenvalue weighted by molar-refractivity contribution is 5.98. The predicted octanol–water partition coefficient (Wildman–Crippen LogP) is 2.74. The summed E-state index contributed by atoms with van der Waals surface area (Å²) < 4.78 is 25.3. The van der Waals surface area contributed by atoms with Crippen molar-refractivity contribution in [1.29, 1.82) is 5.26 Å². The number of carbonyl (C=O) groups is 5. The van der Waals surface area contributed by atoms with E-state index >= 15 is 0 Å². The molecule has 13 nitrogen and oxygen atoms in total. The molecule has 5 rings (SSSR count). The Bertz CT molecular complexity index is 1460. The molecule has 3 aliphatic heterocycles. The minimum absolute atomic E-state index is 0.0233. The maximum absolute atomic E-state index is 14.3. The van der Waals surface area contributed by atoms with Crippen LogP contribution in [0.15, 0.2) is 30.4 Å². The molecule has 2 fully saturated rings. The second-order valence-corrected chi connectivity index (χ2v) is 12.5. The number of ether oxygens (including phenoxy) is 2. The van der Waals surface area contributed by atoms with Gasteiger partial charge in [-0.1, -0.05) is 37.1 Å². The van der Waals surface area contributed by atoms with Crippen LogP contribution in [0.25, 0.3) is 0 Å². The topological polar surface area (TPSA) is 170 Å². The van der Waals surface area contributed by atoms with E-state index in [1.54, 1.807) is 32.2 Å². The number of fused-ring (bicyclic) bond motifs is 3. The van der Waals surface area contributed by atoms with E-state index in [1.165, 1.54) is 15.9 Å². The van der Waals surface area contributed by atoms with Crippen LogP contribution in [0.4, 0.5) is 14.0 Å². The number of rotatable bonds is 4. The molecule has 0 bridgehead atoms. The Morgan fingerprint density at radius 2 is 1.98 bits per heavy atom. The van der Waals surface area contributed by atoms with Crippen molar-refractivity contribution in [3.05, 3.63) is 47.3 Å². The molecule has 3 heterocycles. The molecule has 14 heteroatoms. The first kappa shape index (κ1) is 32.7. The largest absolute Gasteiger partial charge is 0.447 e. The number of halogens is 1. The van der Waals surface area contributed by atoms with Gasteiger partial charge in [0.1, 0.15) is 29.5 Å². The van der Waals surface area contributed by atoms with Crippen molar-refractivity contribution in [2.75, 3.05) is 6.54 Å². The molecule has 46 heavy (non-hydrogen) atoms. The van der Waals surface area contributed by atoms with Crippen LogP contribution < -0.4 is 16.0 Å². The fourth-order valence-electron chi connectivity index (χ4n) is 6.45. The summed E-state index contributed by atoms with van der Waals surface area (Å²) in [7, 11) is 0. The number of hydrogen-bond donors (Lipinski definition) is 3. The van der Waals surface area contributed by atoms with Crippen LogP contribution in [-0.2, 0) is 36.9 Å². The first-order valence-corrected chi connectivity index (χ1v) is 15.7. The van der Waals surface area contributed by atoms with E-state index in [0.717, 1.165) is 19.3 Å². The molecule has 0 spiro atoms. The number of hydrogen-bond acceptors (Lipinski definition) is 8. The van der Waals surface area contributed by atoms with E-state index in [0.29, 0.717) is 24.0 Å². The Balaban J connectivity index is 1.38. The minimum Gasteiger partial charge on any atom is -0.447 e. The van der Waals surface area contributed by atoms with E-state index in [9.17, 15) is 28.4 Å². The van der Waals surface area contributed by atoms with Crippen LogP contribution in [-0.4, -0.2) is 76.1 Å². The molecule has 1 saturated heterocycles. The summed E-state index contributed by atoms with van der Waals surface area (Å²) in [5.74, 6) is -2.61. The van der Waals surface area contributed by atoms with Gasteiger partial charge in [-0.2, -0.15) is 5.26 Å². The highest BCUT2D eigenvalue weighted by atomic mass is 19.1. The fraction of sp³-hybridized carbons (Fsp3) is 0.562. The molecule has 2 unspecified atom stereocenters. The molecule has 1 aliphatic carbocycles. The van der Waals surface area contributed by atoms with E-state index in [4.69, 9.17) is 14.7 Å². The Labute approximate surface area is 266 Å². The molecule has 1 aromatic carbocycles. The van der Waals surface area contributed by atoms with Gasteiger partial charge in [0, 0.05) is 24.4 Å². The number of carbonyl (C=O) groups excluding carboxylic acids is 5. The van der Waals surface area contributed by atoms with Gasteiger partial charge in [-0.05, 0) is 51.2 Å². The lowest BCUT2D eigenvalue weighted by atomic mass is 10.0. The zero-order valence-electron chi connectivity index (χ0n) is 25.9. The highest BCUT2D eigenvalue weighted by Crippen LogP contribution is 2.45. The van der Waals surface area contributed by atoms with Gasteiger partial charge in [0.2, 0.25) is 11.8 Å². The molecule has 3 N–H and O–H groups in total. The molecule has 1 aromatic rings. The zero-order valence-corrected chi connectivity index (χ0v) is 25.9. The quantitative estimate of drug-likeness (QED) is 0.257. The summed E-state index contributed by atoms with van der Waals surface area (Å²) in [6, 6.07) is 2.46. The number of benzene rings is 1. The molecule has 5 atom stereocenters. The van der Waals surface area contributed by atoms with Gasteiger partial charge >= 0.3 is 12.2 Å². The van der Waals surface area contributed by atoms with Crippen molar-refractivity contribution in [2.24, 2.45) is 5.92 Å². The van der Waals surface area contributed by atoms with Gasteiger partial charge < -0.3 is 25.0 Å². The molecular formula is C32H39FN6O7. The normalized spacial score (nSPS) is 28.3. The Hall–Kier alpha value is -4.67. The SMILES string of the molecule is CC(C)OC(=O)N[C@H]1CCCCC/C=C\C2C[C@@]2(C(=O)NC#N)NC(=O)C2C[C@@H](OC(=O)N3Cc4cccc(F)c4C3)CN2C1=O. The number of allylic oxidation sites excluding steroid dienone is 1. The highest BCUT2D eigenvalue weighted by Gasteiger charge is 2.61. The van der Waals surface area contributed by atoms with Crippen molar-refractivity contribution in [2.45, 2.75) is 102 Å². The second-order valence-electron chi connectivity index (χ2n) is 12.5. The minimum atomic E-state index is -1.36. The van der Waals surface area contributed by atoms with Gasteiger partial charge in [-0.15, -0.1) is 0 Å². The lowest BCUT2D eigenvalue weighted by Crippen LogP contribution is -2.57. The third kappa shape index (κ3) is 7.08. The van der Waals surface area contributed by atoms with Crippen LogP contribution >= 0.6 is 0 Å².